The Labute approximate surface area is 163 Å². The first-order valence-electron chi connectivity index (χ1n) is 8.59. The minimum atomic E-state index is -0.465. The van der Waals surface area contributed by atoms with Gasteiger partial charge >= 0.3 is 0 Å². The number of thiazole rings is 1. The van der Waals surface area contributed by atoms with Crippen LogP contribution in [0.4, 0.5) is 5.82 Å². The molecule has 0 spiro atoms. The van der Waals surface area contributed by atoms with Crippen molar-refractivity contribution in [3.8, 4) is 10.9 Å². The summed E-state index contributed by atoms with van der Waals surface area (Å²) in [7, 11) is 1.60. The van der Waals surface area contributed by atoms with Gasteiger partial charge in [-0.1, -0.05) is 11.3 Å². The summed E-state index contributed by atoms with van der Waals surface area (Å²) in [5.41, 5.74) is 1.49. The molecule has 1 saturated heterocycles. The molecule has 2 aromatic heterocycles. The van der Waals surface area contributed by atoms with E-state index in [1.165, 1.54) is 16.0 Å². The van der Waals surface area contributed by atoms with Crippen molar-refractivity contribution in [2.24, 2.45) is 0 Å². The highest BCUT2D eigenvalue weighted by Gasteiger charge is 2.30. The van der Waals surface area contributed by atoms with Gasteiger partial charge in [0.15, 0.2) is 0 Å². The van der Waals surface area contributed by atoms with Crippen LogP contribution in [0.2, 0.25) is 0 Å². The van der Waals surface area contributed by atoms with Gasteiger partial charge in [-0.15, -0.1) is 0 Å². The van der Waals surface area contributed by atoms with Crippen LogP contribution in [0.5, 0.6) is 5.75 Å². The minimum Gasteiger partial charge on any atom is -0.497 e. The molecule has 0 saturated carbocycles. The molecule has 0 bridgehead atoms. The first-order chi connectivity index (χ1) is 13.4. The number of carbonyl (C=O) groups excluding carboxylic acids is 3. The number of anilines is 1. The van der Waals surface area contributed by atoms with Gasteiger partial charge in [-0.05, 0) is 25.1 Å². The van der Waals surface area contributed by atoms with E-state index >= 15 is 0 Å². The molecule has 28 heavy (non-hydrogen) atoms. The monoisotopic (exact) mass is 399 g/mol. The first kappa shape index (κ1) is 18.1. The number of imide groups is 1. The van der Waals surface area contributed by atoms with E-state index in [2.05, 4.69) is 15.4 Å². The summed E-state index contributed by atoms with van der Waals surface area (Å²) in [5.74, 6) is 0.0304. The predicted octanol–water partition coefficient (Wildman–Crippen LogP) is 1.89. The molecule has 9 nitrogen and oxygen atoms in total. The van der Waals surface area contributed by atoms with E-state index in [9.17, 15) is 14.4 Å². The molecule has 3 heterocycles. The second-order valence-electron chi connectivity index (χ2n) is 6.33. The number of hydrogen-bond acceptors (Lipinski definition) is 7. The summed E-state index contributed by atoms with van der Waals surface area (Å²) in [6, 6.07) is 7.27. The predicted molar refractivity (Wildman–Crippen MR) is 103 cm³/mol. The van der Waals surface area contributed by atoms with Crippen LogP contribution in [0.1, 0.15) is 18.5 Å². The van der Waals surface area contributed by atoms with E-state index in [0.29, 0.717) is 16.6 Å². The van der Waals surface area contributed by atoms with Gasteiger partial charge < -0.3 is 10.1 Å². The molecule has 1 aromatic carbocycles. The van der Waals surface area contributed by atoms with Crippen LogP contribution in [0.25, 0.3) is 15.3 Å². The molecule has 1 aliphatic heterocycles. The fourth-order valence-corrected chi connectivity index (χ4v) is 3.93. The number of aromatic nitrogens is 3. The highest BCUT2D eigenvalue weighted by molar-refractivity contribution is 7.20. The zero-order chi connectivity index (χ0) is 19.8. The van der Waals surface area contributed by atoms with Crippen molar-refractivity contribution in [1.29, 1.82) is 0 Å². The van der Waals surface area contributed by atoms with Crippen molar-refractivity contribution in [2.45, 2.75) is 19.8 Å². The number of rotatable bonds is 5. The first-order valence-corrected chi connectivity index (χ1v) is 9.41. The van der Waals surface area contributed by atoms with Gasteiger partial charge in [0.05, 0.1) is 23.0 Å². The number of carbonyl (C=O) groups is 3. The van der Waals surface area contributed by atoms with Crippen LogP contribution in [-0.2, 0) is 14.4 Å². The average Bonchev–Trinajstić information content (AvgIpc) is 3.33. The number of likely N-dealkylation sites (tertiary alicyclic amines) is 1. The van der Waals surface area contributed by atoms with E-state index in [1.54, 1.807) is 20.1 Å². The summed E-state index contributed by atoms with van der Waals surface area (Å²) in [4.78, 5) is 41.3. The average molecular weight is 399 g/mol. The number of nitrogens with one attached hydrogen (secondary N) is 1. The number of hydrogen-bond donors (Lipinski definition) is 1. The molecule has 1 aliphatic rings. The second kappa shape index (κ2) is 7.04. The third-order valence-electron chi connectivity index (χ3n) is 4.32. The lowest BCUT2D eigenvalue weighted by Gasteiger charge is -2.13. The van der Waals surface area contributed by atoms with Crippen molar-refractivity contribution in [3.63, 3.8) is 0 Å². The number of aryl methyl sites for hydroxylation is 1. The number of methoxy groups -OCH3 is 1. The molecular weight excluding hydrogens is 382 g/mol. The third kappa shape index (κ3) is 3.33. The van der Waals surface area contributed by atoms with E-state index in [-0.39, 0.29) is 31.2 Å². The fourth-order valence-electron chi connectivity index (χ4n) is 2.97. The maximum absolute atomic E-state index is 12.4. The fraction of sp³-hybridized carbons (Fsp3) is 0.278. The maximum Gasteiger partial charge on any atom is 0.245 e. The summed E-state index contributed by atoms with van der Waals surface area (Å²) >= 11 is 1.41. The Hall–Kier alpha value is -3.27. The van der Waals surface area contributed by atoms with E-state index in [4.69, 9.17) is 4.74 Å². The molecule has 0 aliphatic carbocycles. The molecule has 10 heteroatoms. The standard InChI is InChI=1S/C18H17N5O4S/c1-10-7-14(20-15(24)9-22-16(25)5-6-17(22)26)23(21-10)18-19-12-4-3-11(27-2)8-13(12)28-18/h3-4,7-8H,5-6,9H2,1-2H3,(H,20,24). The molecule has 0 radical (unpaired) electrons. The van der Waals surface area contributed by atoms with Crippen LogP contribution in [0.3, 0.4) is 0 Å². The highest BCUT2D eigenvalue weighted by Crippen LogP contribution is 2.30. The number of amides is 3. The third-order valence-corrected chi connectivity index (χ3v) is 5.31. The van der Waals surface area contributed by atoms with E-state index in [0.717, 1.165) is 20.9 Å². The van der Waals surface area contributed by atoms with Crippen molar-refractivity contribution < 1.29 is 19.1 Å². The molecule has 3 amide bonds. The van der Waals surface area contributed by atoms with Crippen LogP contribution in [0, 0.1) is 6.92 Å². The van der Waals surface area contributed by atoms with E-state index in [1.807, 2.05) is 18.2 Å². The molecule has 1 N–H and O–H groups in total. The Bertz CT molecular complexity index is 1090. The largest absolute Gasteiger partial charge is 0.497 e. The SMILES string of the molecule is COc1ccc2nc(-n3nc(C)cc3NC(=O)CN3C(=O)CCC3=O)sc2c1. The van der Waals surface area contributed by atoms with Crippen molar-refractivity contribution >= 4 is 45.1 Å². The Morgan fingerprint density at radius 1 is 1.25 bits per heavy atom. The highest BCUT2D eigenvalue weighted by atomic mass is 32.1. The lowest BCUT2D eigenvalue weighted by atomic mass is 10.3. The van der Waals surface area contributed by atoms with E-state index < -0.39 is 5.91 Å². The van der Waals surface area contributed by atoms with Gasteiger partial charge in [0.1, 0.15) is 18.1 Å². The van der Waals surface area contributed by atoms with Gasteiger partial charge in [0.2, 0.25) is 22.9 Å². The molecule has 0 unspecified atom stereocenters. The normalized spacial score (nSPS) is 14.1. The molecule has 0 atom stereocenters. The summed E-state index contributed by atoms with van der Waals surface area (Å²) < 4.78 is 7.70. The van der Waals surface area contributed by atoms with Gasteiger partial charge in [0, 0.05) is 18.9 Å². The Kier molecular flexibility index (Phi) is 4.55. The van der Waals surface area contributed by atoms with Crippen molar-refractivity contribution in [2.75, 3.05) is 19.0 Å². The lowest BCUT2D eigenvalue weighted by molar-refractivity contribution is -0.141. The Morgan fingerprint density at radius 2 is 2.00 bits per heavy atom. The Balaban J connectivity index is 1.59. The number of nitrogens with zero attached hydrogens (tertiary/aromatic N) is 4. The topological polar surface area (TPSA) is 106 Å². The second-order valence-corrected chi connectivity index (χ2v) is 7.34. The van der Waals surface area contributed by atoms with Crippen LogP contribution < -0.4 is 10.1 Å². The van der Waals surface area contributed by atoms with Gasteiger partial charge in [0.25, 0.3) is 0 Å². The van der Waals surface area contributed by atoms with Crippen LogP contribution in [0.15, 0.2) is 24.3 Å². The van der Waals surface area contributed by atoms with Crippen LogP contribution in [-0.4, -0.2) is 51.0 Å². The maximum atomic E-state index is 12.4. The summed E-state index contributed by atoms with van der Waals surface area (Å²) in [5, 5.41) is 7.71. The quantitative estimate of drug-likeness (QED) is 0.657. The minimum absolute atomic E-state index is 0.151. The lowest BCUT2D eigenvalue weighted by Crippen LogP contribution is -2.37. The number of ether oxygens (including phenoxy) is 1. The molecule has 3 aromatic rings. The molecule has 1 fully saturated rings. The molecule has 144 valence electrons. The van der Waals surface area contributed by atoms with Crippen molar-refractivity contribution in [1.82, 2.24) is 19.7 Å². The summed E-state index contributed by atoms with van der Waals surface area (Å²) in [6.07, 6.45) is 0.302. The van der Waals surface area contributed by atoms with Crippen molar-refractivity contribution in [3.05, 3.63) is 30.0 Å². The van der Waals surface area contributed by atoms with Gasteiger partial charge in [-0.25, -0.2) is 4.98 Å². The van der Waals surface area contributed by atoms with Crippen LogP contribution >= 0.6 is 11.3 Å². The van der Waals surface area contributed by atoms with Gasteiger partial charge in [-0.2, -0.15) is 9.78 Å². The number of benzene rings is 1. The Morgan fingerprint density at radius 3 is 2.71 bits per heavy atom. The zero-order valence-corrected chi connectivity index (χ0v) is 16.1. The number of fused-ring (bicyclic) bond motifs is 1. The molecular formula is C18H17N5O4S. The smallest absolute Gasteiger partial charge is 0.245 e. The summed E-state index contributed by atoms with van der Waals surface area (Å²) in [6.45, 7) is 1.50. The zero-order valence-electron chi connectivity index (χ0n) is 15.3. The van der Waals surface area contributed by atoms with Gasteiger partial charge in [-0.3, -0.25) is 19.3 Å². The molecule has 4 rings (SSSR count).